The van der Waals surface area contributed by atoms with Gasteiger partial charge >= 0.3 is 5.97 Å². The smallest absolute Gasteiger partial charge is 0.326 e. The van der Waals surface area contributed by atoms with Crippen LogP contribution in [0.1, 0.15) is 18.4 Å². The maximum atomic E-state index is 13.0. The Balaban J connectivity index is 3.14. The predicted octanol–water partition coefficient (Wildman–Crippen LogP) is -1.64. The van der Waals surface area contributed by atoms with Gasteiger partial charge in [-0.05, 0) is 36.1 Å². The highest BCUT2D eigenvalue weighted by atomic mass is 32.2. The number of nitrogens with two attached hydrogens (primary N) is 2. The number of hydrogen-bond donors (Lipinski definition) is 8. The summed E-state index contributed by atoms with van der Waals surface area (Å²) in [5.41, 5.74) is 11.3. The second-order valence-electron chi connectivity index (χ2n) is 7.63. The van der Waals surface area contributed by atoms with Crippen LogP contribution in [0, 0.1) is 0 Å². The van der Waals surface area contributed by atoms with Gasteiger partial charge in [0.25, 0.3) is 0 Å². The third kappa shape index (κ3) is 10.9. The summed E-state index contributed by atoms with van der Waals surface area (Å²) in [5.74, 6) is -3.98. The zero-order valence-electron chi connectivity index (χ0n) is 19.1. The summed E-state index contributed by atoms with van der Waals surface area (Å²) in [6.45, 7) is 0. The largest absolute Gasteiger partial charge is 0.508 e. The highest BCUT2D eigenvalue weighted by Gasteiger charge is 2.30. The van der Waals surface area contributed by atoms with Crippen LogP contribution >= 0.6 is 24.4 Å². The van der Waals surface area contributed by atoms with Crippen molar-refractivity contribution in [3.05, 3.63) is 29.8 Å². The molecule has 35 heavy (non-hydrogen) atoms. The lowest BCUT2D eigenvalue weighted by Crippen LogP contribution is -2.58. The van der Waals surface area contributed by atoms with Gasteiger partial charge < -0.3 is 37.6 Å². The number of carboxylic acid groups (broad SMARTS) is 1. The fraction of sp³-hybridized carbons (Fsp3) is 0.476. The number of nitrogens with one attached hydrogen (secondary N) is 3. The molecule has 1 aromatic carbocycles. The van der Waals surface area contributed by atoms with Crippen molar-refractivity contribution in [2.24, 2.45) is 11.5 Å². The van der Waals surface area contributed by atoms with Crippen molar-refractivity contribution in [3.8, 4) is 5.75 Å². The number of benzene rings is 1. The summed E-state index contributed by atoms with van der Waals surface area (Å²) >= 11 is 5.42. The zero-order valence-corrected chi connectivity index (χ0v) is 20.8. The van der Waals surface area contributed by atoms with Crippen LogP contribution in [0.25, 0.3) is 0 Å². The molecule has 0 aliphatic rings. The molecular weight excluding hydrogens is 498 g/mol. The van der Waals surface area contributed by atoms with Crippen molar-refractivity contribution < 1.29 is 34.2 Å². The van der Waals surface area contributed by atoms with Crippen LogP contribution in [-0.2, 0) is 30.4 Å². The van der Waals surface area contributed by atoms with Gasteiger partial charge in [-0.15, -0.1) is 0 Å². The van der Waals surface area contributed by atoms with Crippen molar-refractivity contribution in [3.63, 3.8) is 0 Å². The lowest BCUT2D eigenvalue weighted by Gasteiger charge is -2.25. The summed E-state index contributed by atoms with van der Waals surface area (Å²) in [6, 6.07) is 1.01. The minimum atomic E-state index is -1.60. The predicted molar refractivity (Wildman–Crippen MR) is 134 cm³/mol. The molecule has 4 atom stereocenters. The van der Waals surface area contributed by atoms with Crippen LogP contribution in [0.3, 0.4) is 0 Å². The van der Waals surface area contributed by atoms with Gasteiger partial charge in [0.05, 0.1) is 12.5 Å². The molecule has 12 nitrogen and oxygen atoms in total. The number of thioether (sulfide) groups is 1. The molecule has 9 N–H and O–H groups in total. The molecule has 0 aliphatic carbocycles. The molecule has 0 aliphatic heterocycles. The van der Waals surface area contributed by atoms with Crippen LogP contribution in [0.4, 0.5) is 0 Å². The Kier molecular flexibility index (Phi) is 13.0. The number of aromatic hydroxyl groups is 1. The van der Waals surface area contributed by atoms with E-state index in [9.17, 15) is 34.2 Å². The molecular formula is C21H31N5O7S2. The number of carboxylic acids is 1. The fourth-order valence-electron chi connectivity index (χ4n) is 2.89. The van der Waals surface area contributed by atoms with E-state index in [1.54, 1.807) is 0 Å². The minimum absolute atomic E-state index is 0.00782. The van der Waals surface area contributed by atoms with E-state index in [1.807, 2.05) is 6.26 Å². The molecule has 0 fully saturated rings. The maximum Gasteiger partial charge on any atom is 0.326 e. The van der Waals surface area contributed by atoms with Crippen LogP contribution in [0.5, 0.6) is 5.75 Å². The highest BCUT2D eigenvalue weighted by molar-refractivity contribution is 7.98. The highest BCUT2D eigenvalue weighted by Crippen LogP contribution is 2.12. The number of phenols is 1. The second-order valence-corrected chi connectivity index (χ2v) is 8.98. The van der Waals surface area contributed by atoms with Crippen molar-refractivity contribution >= 4 is 54.0 Å². The van der Waals surface area contributed by atoms with Gasteiger partial charge in [0.2, 0.25) is 23.6 Å². The first-order chi connectivity index (χ1) is 16.5. The third-order valence-electron chi connectivity index (χ3n) is 4.81. The number of primary amides is 1. The molecule has 4 unspecified atom stereocenters. The van der Waals surface area contributed by atoms with Crippen LogP contribution < -0.4 is 27.4 Å². The molecule has 0 heterocycles. The summed E-state index contributed by atoms with van der Waals surface area (Å²) in [7, 11) is 0. The summed E-state index contributed by atoms with van der Waals surface area (Å²) in [6.07, 6.45) is 1.35. The number of amides is 4. The number of carbonyl (C=O) groups excluding carboxylic acids is 4. The van der Waals surface area contributed by atoms with Crippen LogP contribution in [0.2, 0.25) is 0 Å². The molecule has 4 amide bonds. The monoisotopic (exact) mass is 529 g/mol. The summed E-state index contributed by atoms with van der Waals surface area (Å²) in [4.78, 5) is 60.9. The third-order valence-corrected chi connectivity index (χ3v) is 5.84. The second kappa shape index (κ2) is 15.1. The quantitative estimate of drug-likeness (QED) is 0.122. The Bertz CT molecular complexity index is 901. The zero-order chi connectivity index (χ0) is 26.5. The van der Waals surface area contributed by atoms with Gasteiger partial charge in [-0.2, -0.15) is 24.4 Å². The molecule has 1 rings (SSSR count). The number of aliphatic carboxylic acids is 1. The Hall–Kier alpha value is -2.97. The molecule has 0 aromatic heterocycles. The molecule has 0 radical (unpaired) electrons. The molecule has 0 spiro atoms. The van der Waals surface area contributed by atoms with Crippen LogP contribution in [-0.4, -0.2) is 81.7 Å². The summed E-state index contributed by atoms with van der Waals surface area (Å²) in [5, 5.41) is 26.1. The van der Waals surface area contributed by atoms with E-state index in [4.69, 9.17) is 11.5 Å². The van der Waals surface area contributed by atoms with E-state index in [0.29, 0.717) is 11.3 Å². The maximum absolute atomic E-state index is 13.0. The van der Waals surface area contributed by atoms with Crippen molar-refractivity contribution in [1.82, 2.24) is 16.0 Å². The number of thiol groups is 1. The number of rotatable bonds is 15. The van der Waals surface area contributed by atoms with Gasteiger partial charge in [0.15, 0.2) is 0 Å². The topological polar surface area (TPSA) is 214 Å². The molecule has 0 saturated carbocycles. The number of hydrogen-bond acceptors (Lipinski definition) is 9. The molecule has 194 valence electrons. The van der Waals surface area contributed by atoms with Gasteiger partial charge in [0, 0.05) is 12.2 Å². The Morgan fingerprint density at radius 3 is 2.03 bits per heavy atom. The lowest BCUT2D eigenvalue weighted by molar-refractivity contribution is -0.143. The van der Waals surface area contributed by atoms with Crippen LogP contribution in [0.15, 0.2) is 24.3 Å². The molecule has 1 aromatic rings. The lowest BCUT2D eigenvalue weighted by atomic mass is 10.0. The average molecular weight is 530 g/mol. The van der Waals surface area contributed by atoms with Gasteiger partial charge in [-0.3, -0.25) is 19.2 Å². The van der Waals surface area contributed by atoms with E-state index in [1.165, 1.54) is 36.0 Å². The van der Waals surface area contributed by atoms with E-state index in [-0.39, 0.29) is 24.3 Å². The number of phenolic OH excluding ortho intramolecular Hbond substituents is 1. The first-order valence-corrected chi connectivity index (χ1v) is 12.6. The fourth-order valence-corrected chi connectivity index (χ4v) is 3.53. The van der Waals surface area contributed by atoms with Crippen molar-refractivity contribution in [2.75, 3.05) is 17.8 Å². The van der Waals surface area contributed by atoms with E-state index in [2.05, 4.69) is 28.6 Å². The minimum Gasteiger partial charge on any atom is -0.508 e. The van der Waals surface area contributed by atoms with E-state index in [0.717, 1.165) is 0 Å². The SMILES string of the molecule is CSCCC(NC(=O)C(N)CS)C(=O)NC(Cc1ccc(O)cc1)C(=O)NC(CC(N)=O)C(=O)O. The van der Waals surface area contributed by atoms with Gasteiger partial charge in [-0.25, -0.2) is 4.79 Å². The standard InChI is InChI=1S/C21H31N5O7S2/c1-35-7-6-14(24-18(29)13(22)10-34)19(30)25-15(8-11-2-4-12(27)5-3-11)20(31)26-16(21(32)33)9-17(23)28/h2-5,13-16,27,34H,6-10,22H2,1H3,(H2,23,28)(H,24,29)(H,25,30)(H,26,31)(H,32,33). The van der Waals surface area contributed by atoms with Gasteiger partial charge in [-0.1, -0.05) is 12.1 Å². The van der Waals surface area contributed by atoms with Gasteiger partial charge in [0.1, 0.15) is 23.9 Å². The number of carbonyl (C=O) groups is 5. The van der Waals surface area contributed by atoms with E-state index < -0.39 is 60.2 Å². The molecule has 14 heteroatoms. The molecule has 0 saturated heterocycles. The van der Waals surface area contributed by atoms with Crippen molar-refractivity contribution in [1.29, 1.82) is 0 Å². The normalized spacial score (nSPS) is 14.1. The van der Waals surface area contributed by atoms with E-state index >= 15 is 0 Å². The Labute approximate surface area is 212 Å². The Morgan fingerprint density at radius 1 is 0.971 bits per heavy atom. The Morgan fingerprint density at radius 2 is 1.51 bits per heavy atom. The summed E-state index contributed by atoms with van der Waals surface area (Å²) < 4.78 is 0. The first kappa shape index (κ1) is 30.1. The molecule has 0 bridgehead atoms. The first-order valence-electron chi connectivity index (χ1n) is 10.5. The average Bonchev–Trinajstić information content (AvgIpc) is 2.80. The van der Waals surface area contributed by atoms with Crippen molar-refractivity contribution in [2.45, 2.75) is 43.4 Å².